The number of aryl methyl sites for hydroxylation is 2. The Labute approximate surface area is 177 Å². The molecule has 2 aromatic rings. The van der Waals surface area contributed by atoms with Crippen molar-refractivity contribution < 1.29 is 23.6 Å². The predicted molar refractivity (Wildman–Crippen MR) is 111 cm³/mol. The molecular weight excluding hydrogens is 384 g/mol. The number of benzene rings is 1. The van der Waals surface area contributed by atoms with Gasteiger partial charge in [0.15, 0.2) is 6.61 Å². The van der Waals surface area contributed by atoms with E-state index in [0.717, 1.165) is 42.9 Å². The average Bonchev–Trinajstić information content (AvgIpc) is 3.07. The monoisotopic (exact) mass is 414 g/mol. The molecule has 0 N–H and O–H groups in total. The first-order valence-electron chi connectivity index (χ1n) is 10.4. The third kappa shape index (κ3) is 5.40. The zero-order valence-electron chi connectivity index (χ0n) is 18.1. The number of nitrogens with zero attached hydrogens (tertiary/aromatic N) is 2. The molecule has 0 atom stereocenters. The standard InChI is InChI=1S/C23H30N2O5/c1-15-8-10-19(11-9-15)25(4)22(26)14-29-23(27)18-6-5-7-20(12-18)28-13-21-16(2)24-30-17(21)3/h5-7,12,15,19H,8-11,13-14H2,1-4H3. The van der Waals surface area contributed by atoms with Crippen LogP contribution in [-0.4, -0.2) is 41.6 Å². The van der Waals surface area contributed by atoms with E-state index >= 15 is 0 Å². The quantitative estimate of drug-likeness (QED) is 0.636. The van der Waals surface area contributed by atoms with Gasteiger partial charge in [-0.15, -0.1) is 0 Å². The summed E-state index contributed by atoms with van der Waals surface area (Å²) in [4.78, 5) is 26.6. The fourth-order valence-corrected chi connectivity index (χ4v) is 3.72. The summed E-state index contributed by atoms with van der Waals surface area (Å²) < 4.78 is 16.2. The Morgan fingerprint density at radius 3 is 2.60 bits per heavy atom. The molecule has 1 aromatic heterocycles. The zero-order valence-corrected chi connectivity index (χ0v) is 18.1. The molecule has 0 unspecified atom stereocenters. The fraction of sp³-hybridized carbons (Fsp3) is 0.522. The van der Waals surface area contributed by atoms with E-state index in [1.807, 2.05) is 13.8 Å². The van der Waals surface area contributed by atoms with E-state index in [2.05, 4.69) is 12.1 Å². The lowest BCUT2D eigenvalue weighted by molar-refractivity contribution is -0.136. The highest BCUT2D eigenvalue weighted by molar-refractivity contribution is 5.91. The summed E-state index contributed by atoms with van der Waals surface area (Å²) in [7, 11) is 1.79. The van der Waals surface area contributed by atoms with E-state index < -0.39 is 5.97 Å². The summed E-state index contributed by atoms with van der Waals surface area (Å²) in [6.45, 7) is 5.96. The normalized spacial score (nSPS) is 18.7. The minimum absolute atomic E-state index is 0.172. The highest BCUT2D eigenvalue weighted by Crippen LogP contribution is 2.26. The number of aromatic nitrogens is 1. The SMILES string of the molecule is Cc1noc(C)c1COc1cccc(C(=O)OCC(=O)N(C)C2CCC(C)CC2)c1. The summed E-state index contributed by atoms with van der Waals surface area (Å²) in [5.74, 6) is 1.24. The van der Waals surface area contributed by atoms with Crippen LogP contribution < -0.4 is 4.74 Å². The largest absolute Gasteiger partial charge is 0.489 e. The first-order chi connectivity index (χ1) is 14.3. The first-order valence-corrected chi connectivity index (χ1v) is 10.4. The molecule has 1 saturated carbocycles. The molecule has 162 valence electrons. The van der Waals surface area contributed by atoms with E-state index in [9.17, 15) is 9.59 Å². The van der Waals surface area contributed by atoms with Gasteiger partial charge in [0.25, 0.3) is 5.91 Å². The molecule has 0 spiro atoms. The van der Waals surface area contributed by atoms with E-state index in [4.69, 9.17) is 14.0 Å². The Balaban J connectivity index is 1.51. The predicted octanol–water partition coefficient (Wildman–Crippen LogP) is 4.06. The van der Waals surface area contributed by atoms with Crippen LogP contribution in [0.3, 0.4) is 0 Å². The van der Waals surface area contributed by atoms with Crippen LogP contribution in [0.5, 0.6) is 5.75 Å². The molecule has 7 heteroatoms. The number of likely N-dealkylation sites (N-methyl/N-ethyl adjacent to an activating group) is 1. The van der Waals surface area contributed by atoms with E-state index in [1.165, 1.54) is 0 Å². The van der Waals surface area contributed by atoms with Crippen molar-refractivity contribution in [3.63, 3.8) is 0 Å². The molecule has 1 amide bonds. The molecule has 7 nitrogen and oxygen atoms in total. The van der Waals surface area contributed by atoms with Crippen molar-refractivity contribution >= 4 is 11.9 Å². The second kappa shape index (κ2) is 9.78. The number of rotatable bonds is 7. The van der Waals surface area contributed by atoms with Gasteiger partial charge in [-0.05, 0) is 63.6 Å². The Hall–Kier alpha value is -2.83. The third-order valence-electron chi connectivity index (χ3n) is 5.89. The molecular formula is C23H30N2O5. The van der Waals surface area contributed by atoms with Crippen LogP contribution in [0.4, 0.5) is 0 Å². The van der Waals surface area contributed by atoms with Gasteiger partial charge in [-0.2, -0.15) is 0 Å². The van der Waals surface area contributed by atoms with Crippen molar-refractivity contribution in [3.05, 3.63) is 46.8 Å². The number of esters is 1. The lowest BCUT2D eigenvalue weighted by Crippen LogP contribution is -2.41. The maximum absolute atomic E-state index is 12.4. The number of hydrogen-bond donors (Lipinski definition) is 0. The number of ether oxygens (including phenoxy) is 2. The highest BCUT2D eigenvalue weighted by atomic mass is 16.5. The van der Waals surface area contributed by atoms with Crippen LogP contribution in [0.15, 0.2) is 28.8 Å². The number of amides is 1. The maximum atomic E-state index is 12.4. The second-order valence-electron chi connectivity index (χ2n) is 8.11. The van der Waals surface area contributed by atoms with Crippen LogP contribution >= 0.6 is 0 Å². The van der Waals surface area contributed by atoms with Gasteiger partial charge in [0.2, 0.25) is 0 Å². The van der Waals surface area contributed by atoms with Crippen LogP contribution in [0.25, 0.3) is 0 Å². The number of carbonyl (C=O) groups excluding carboxylic acids is 2. The molecule has 30 heavy (non-hydrogen) atoms. The van der Waals surface area contributed by atoms with Gasteiger partial charge in [0, 0.05) is 13.1 Å². The minimum Gasteiger partial charge on any atom is -0.489 e. The second-order valence-corrected chi connectivity index (χ2v) is 8.11. The molecule has 3 rings (SSSR count). The van der Waals surface area contributed by atoms with Crippen molar-refractivity contribution in [3.8, 4) is 5.75 Å². The highest BCUT2D eigenvalue weighted by Gasteiger charge is 2.25. The summed E-state index contributed by atoms with van der Waals surface area (Å²) in [6, 6.07) is 6.96. The van der Waals surface area contributed by atoms with Gasteiger partial charge in [0.1, 0.15) is 18.1 Å². The van der Waals surface area contributed by atoms with Crippen molar-refractivity contribution in [2.75, 3.05) is 13.7 Å². The lowest BCUT2D eigenvalue weighted by atomic mass is 9.87. The zero-order chi connectivity index (χ0) is 21.7. The molecule has 1 fully saturated rings. The first kappa shape index (κ1) is 21.9. The summed E-state index contributed by atoms with van der Waals surface area (Å²) in [5, 5.41) is 3.90. The topological polar surface area (TPSA) is 81.9 Å². The Bertz CT molecular complexity index is 864. The van der Waals surface area contributed by atoms with Crippen LogP contribution in [0, 0.1) is 19.8 Å². The number of carbonyl (C=O) groups is 2. The van der Waals surface area contributed by atoms with Crippen molar-refractivity contribution in [1.82, 2.24) is 10.1 Å². The van der Waals surface area contributed by atoms with Gasteiger partial charge in [-0.1, -0.05) is 18.1 Å². The molecule has 0 radical (unpaired) electrons. The van der Waals surface area contributed by atoms with Crippen molar-refractivity contribution in [1.29, 1.82) is 0 Å². The molecule has 1 aliphatic rings. The minimum atomic E-state index is -0.545. The van der Waals surface area contributed by atoms with Gasteiger partial charge in [0.05, 0.1) is 16.8 Å². The summed E-state index contributed by atoms with van der Waals surface area (Å²) in [5.41, 5.74) is 2.00. The fourth-order valence-electron chi connectivity index (χ4n) is 3.72. The molecule has 0 aliphatic heterocycles. The van der Waals surface area contributed by atoms with Crippen molar-refractivity contribution in [2.24, 2.45) is 5.92 Å². The Morgan fingerprint density at radius 2 is 1.93 bits per heavy atom. The molecule has 0 saturated heterocycles. The van der Waals surface area contributed by atoms with Gasteiger partial charge in [-0.25, -0.2) is 4.79 Å². The van der Waals surface area contributed by atoms with Gasteiger partial charge < -0.3 is 18.9 Å². The Morgan fingerprint density at radius 1 is 1.20 bits per heavy atom. The maximum Gasteiger partial charge on any atom is 0.338 e. The summed E-state index contributed by atoms with van der Waals surface area (Å²) in [6.07, 6.45) is 4.26. The Kier molecular flexibility index (Phi) is 7.13. The van der Waals surface area contributed by atoms with Gasteiger partial charge in [-0.3, -0.25) is 4.79 Å². The summed E-state index contributed by atoms with van der Waals surface area (Å²) >= 11 is 0. The van der Waals surface area contributed by atoms with Gasteiger partial charge >= 0.3 is 5.97 Å². The van der Waals surface area contributed by atoms with Crippen molar-refractivity contribution in [2.45, 2.75) is 59.1 Å². The van der Waals surface area contributed by atoms with Crippen LogP contribution in [0.2, 0.25) is 0 Å². The third-order valence-corrected chi connectivity index (χ3v) is 5.89. The number of hydrogen-bond acceptors (Lipinski definition) is 6. The molecule has 1 aromatic carbocycles. The molecule has 1 heterocycles. The van der Waals surface area contributed by atoms with E-state index in [1.54, 1.807) is 36.2 Å². The smallest absolute Gasteiger partial charge is 0.338 e. The van der Waals surface area contributed by atoms with Crippen LogP contribution in [0.1, 0.15) is 60.0 Å². The molecule has 1 aliphatic carbocycles. The molecule has 0 bridgehead atoms. The van der Waals surface area contributed by atoms with E-state index in [0.29, 0.717) is 23.7 Å². The lowest BCUT2D eigenvalue weighted by Gasteiger charge is -2.33. The van der Waals surface area contributed by atoms with Crippen LogP contribution in [-0.2, 0) is 16.1 Å². The van der Waals surface area contributed by atoms with E-state index in [-0.39, 0.29) is 18.6 Å². The average molecular weight is 415 g/mol.